The number of halogens is 2. The fraction of sp³-hybridized carbons (Fsp3) is 0.533. The van der Waals surface area contributed by atoms with Crippen molar-refractivity contribution in [3.63, 3.8) is 0 Å². The number of hydrogen-bond acceptors (Lipinski definition) is 3. The lowest BCUT2D eigenvalue weighted by atomic mass is 10.00. The van der Waals surface area contributed by atoms with Crippen LogP contribution in [-0.2, 0) is 11.3 Å². The maximum absolute atomic E-state index is 12.3. The van der Waals surface area contributed by atoms with Crippen molar-refractivity contribution in [3.8, 4) is 0 Å². The van der Waals surface area contributed by atoms with E-state index < -0.39 is 5.60 Å². The first-order chi connectivity index (χ1) is 9.69. The van der Waals surface area contributed by atoms with Crippen LogP contribution in [0.5, 0.6) is 0 Å². The molecule has 1 atom stereocenters. The minimum absolute atomic E-state index is 0.237. The Hall–Kier alpha value is -0.970. The molecule has 0 bridgehead atoms. The van der Waals surface area contributed by atoms with Crippen LogP contribution in [0, 0.1) is 0 Å². The molecule has 1 aromatic carbocycles. The number of amides is 1. The summed E-state index contributed by atoms with van der Waals surface area (Å²) in [5.74, 6) is 0. The minimum Gasteiger partial charge on any atom is -0.444 e. The fourth-order valence-corrected chi connectivity index (χ4v) is 2.90. The molecule has 116 valence electrons. The summed E-state index contributed by atoms with van der Waals surface area (Å²) < 4.78 is 5.42. The van der Waals surface area contributed by atoms with Gasteiger partial charge < -0.3 is 15.4 Å². The molecule has 1 heterocycles. The summed E-state index contributed by atoms with van der Waals surface area (Å²) in [6.45, 7) is 6.39. The van der Waals surface area contributed by atoms with Gasteiger partial charge in [0.05, 0.1) is 6.54 Å². The summed E-state index contributed by atoms with van der Waals surface area (Å²) in [6, 6.07) is 3.23. The van der Waals surface area contributed by atoms with Crippen LogP contribution < -0.4 is 5.73 Å². The topological polar surface area (TPSA) is 55.6 Å². The van der Waals surface area contributed by atoms with Gasteiger partial charge in [-0.2, -0.15) is 0 Å². The fourth-order valence-electron chi connectivity index (χ4n) is 2.36. The number of ether oxygens (including phenoxy) is 1. The molecule has 0 unspecified atom stereocenters. The van der Waals surface area contributed by atoms with E-state index in [0.717, 1.165) is 11.1 Å². The molecule has 21 heavy (non-hydrogen) atoms. The predicted octanol–water partition coefficient (Wildman–Crippen LogP) is 4.13. The van der Waals surface area contributed by atoms with Crippen molar-refractivity contribution in [2.24, 2.45) is 5.73 Å². The molecule has 1 aliphatic heterocycles. The number of rotatable bonds is 0. The van der Waals surface area contributed by atoms with E-state index in [4.69, 9.17) is 33.7 Å². The molecule has 6 heteroatoms. The number of carbonyl (C=O) groups is 1. The first-order valence-electron chi connectivity index (χ1n) is 6.89. The Morgan fingerprint density at radius 3 is 2.57 bits per heavy atom. The summed E-state index contributed by atoms with van der Waals surface area (Å²) in [5, 5.41) is 1.16. The highest BCUT2D eigenvalue weighted by molar-refractivity contribution is 6.34. The van der Waals surface area contributed by atoms with Crippen LogP contribution in [0.15, 0.2) is 12.1 Å². The average molecular weight is 331 g/mol. The van der Waals surface area contributed by atoms with Crippen molar-refractivity contribution >= 4 is 29.3 Å². The molecule has 2 rings (SSSR count). The highest BCUT2D eigenvalue weighted by atomic mass is 35.5. The number of fused-ring (bicyclic) bond motifs is 1. The van der Waals surface area contributed by atoms with Gasteiger partial charge in [-0.25, -0.2) is 4.79 Å². The van der Waals surface area contributed by atoms with E-state index in [1.54, 1.807) is 17.0 Å². The maximum Gasteiger partial charge on any atom is 0.410 e. The van der Waals surface area contributed by atoms with Crippen molar-refractivity contribution < 1.29 is 9.53 Å². The van der Waals surface area contributed by atoms with E-state index in [9.17, 15) is 4.79 Å². The van der Waals surface area contributed by atoms with Gasteiger partial charge in [0, 0.05) is 22.6 Å². The number of nitrogens with zero attached hydrogens (tertiary/aromatic N) is 1. The highest BCUT2D eigenvalue weighted by Crippen LogP contribution is 2.35. The molecule has 4 nitrogen and oxygen atoms in total. The van der Waals surface area contributed by atoms with E-state index in [1.807, 2.05) is 20.8 Å². The summed E-state index contributed by atoms with van der Waals surface area (Å²) in [6.07, 6.45) is 0.255. The van der Waals surface area contributed by atoms with Gasteiger partial charge in [-0.05, 0) is 50.5 Å². The minimum atomic E-state index is -0.535. The molecule has 0 saturated heterocycles. The molecule has 0 aromatic heterocycles. The largest absolute Gasteiger partial charge is 0.444 e. The zero-order valence-electron chi connectivity index (χ0n) is 12.5. The standard InChI is InChI=1S/C15H20Cl2N2O2/c1-15(2,3)21-14(20)19-7-6-12(18)13-9(8-19)10(16)4-5-11(13)17/h4-5,12H,6-8,18H2,1-3H3/t12-/m1/s1. The van der Waals surface area contributed by atoms with Crippen molar-refractivity contribution in [3.05, 3.63) is 33.3 Å². The average Bonchev–Trinajstić information content (AvgIpc) is 2.52. The van der Waals surface area contributed by atoms with Crippen LogP contribution >= 0.6 is 23.2 Å². The Labute approximate surface area is 135 Å². The van der Waals surface area contributed by atoms with Crippen molar-refractivity contribution in [1.29, 1.82) is 0 Å². The maximum atomic E-state index is 12.3. The molecule has 0 fully saturated rings. The van der Waals surface area contributed by atoms with Gasteiger partial charge in [-0.15, -0.1) is 0 Å². The summed E-state index contributed by atoms with van der Waals surface area (Å²) in [5.41, 5.74) is 7.28. The third kappa shape index (κ3) is 3.82. The van der Waals surface area contributed by atoms with E-state index in [-0.39, 0.29) is 12.1 Å². The molecular formula is C15H20Cl2N2O2. The van der Waals surface area contributed by atoms with E-state index in [0.29, 0.717) is 29.6 Å². The van der Waals surface area contributed by atoms with Gasteiger partial charge in [0.25, 0.3) is 0 Å². The van der Waals surface area contributed by atoms with Gasteiger partial charge in [0.2, 0.25) is 0 Å². The van der Waals surface area contributed by atoms with E-state index in [1.165, 1.54) is 0 Å². The van der Waals surface area contributed by atoms with Gasteiger partial charge in [-0.3, -0.25) is 0 Å². The number of benzene rings is 1. The number of hydrogen-bond donors (Lipinski definition) is 1. The van der Waals surface area contributed by atoms with Crippen LogP contribution in [0.2, 0.25) is 10.0 Å². The molecule has 1 aliphatic rings. The monoisotopic (exact) mass is 330 g/mol. The van der Waals surface area contributed by atoms with Crippen LogP contribution in [0.25, 0.3) is 0 Å². The molecule has 2 N–H and O–H groups in total. The van der Waals surface area contributed by atoms with Gasteiger partial charge in [-0.1, -0.05) is 23.2 Å². The summed E-state index contributed by atoms with van der Waals surface area (Å²) in [4.78, 5) is 13.9. The molecule has 0 saturated carbocycles. The van der Waals surface area contributed by atoms with Crippen LogP contribution in [-0.4, -0.2) is 23.1 Å². The zero-order valence-corrected chi connectivity index (χ0v) is 14.0. The molecule has 0 radical (unpaired) electrons. The first-order valence-corrected chi connectivity index (χ1v) is 7.65. The van der Waals surface area contributed by atoms with Gasteiger partial charge in [0.15, 0.2) is 0 Å². The smallest absolute Gasteiger partial charge is 0.410 e. The van der Waals surface area contributed by atoms with Gasteiger partial charge >= 0.3 is 6.09 Å². The van der Waals surface area contributed by atoms with Crippen LogP contribution in [0.3, 0.4) is 0 Å². The second-order valence-electron chi connectivity index (χ2n) is 6.22. The SMILES string of the molecule is CC(C)(C)OC(=O)N1CC[C@@H](N)c2c(Cl)ccc(Cl)c2C1. The molecule has 0 aliphatic carbocycles. The lowest BCUT2D eigenvalue weighted by Crippen LogP contribution is -2.36. The molecular weight excluding hydrogens is 311 g/mol. The Bertz CT molecular complexity index is 555. The van der Waals surface area contributed by atoms with Crippen molar-refractivity contribution in [1.82, 2.24) is 4.90 Å². The van der Waals surface area contributed by atoms with Crippen LogP contribution in [0.4, 0.5) is 4.79 Å². The number of nitrogens with two attached hydrogens (primary N) is 1. The quantitative estimate of drug-likeness (QED) is 0.777. The third-order valence-corrected chi connectivity index (χ3v) is 4.01. The highest BCUT2D eigenvalue weighted by Gasteiger charge is 2.29. The van der Waals surface area contributed by atoms with E-state index >= 15 is 0 Å². The van der Waals surface area contributed by atoms with E-state index in [2.05, 4.69) is 0 Å². The van der Waals surface area contributed by atoms with Crippen molar-refractivity contribution in [2.45, 2.75) is 45.4 Å². The molecule has 1 aromatic rings. The second kappa shape index (κ2) is 6.03. The Morgan fingerprint density at radius 2 is 1.95 bits per heavy atom. The third-order valence-electron chi connectivity index (χ3n) is 3.33. The van der Waals surface area contributed by atoms with Gasteiger partial charge in [0.1, 0.15) is 5.60 Å². The predicted molar refractivity (Wildman–Crippen MR) is 84.7 cm³/mol. The Kier molecular flexibility index (Phi) is 4.71. The summed E-state index contributed by atoms with van der Waals surface area (Å²) in [7, 11) is 0. The Balaban J connectivity index is 2.31. The number of carbonyl (C=O) groups excluding carboxylic acids is 1. The Morgan fingerprint density at radius 1 is 1.33 bits per heavy atom. The molecule has 1 amide bonds. The van der Waals surface area contributed by atoms with Crippen LogP contribution in [0.1, 0.15) is 44.4 Å². The second-order valence-corrected chi connectivity index (χ2v) is 7.03. The zero-order chi connectivity index (χ0) is 15.8. The first kappa shape index (κ1) is 16.4. The summed E-state index contributed by atoms with van der Waals surface area (Å²) >= 11 is 12.5. The van der Waals surface area contributed by atoms with Crippen molar-refractivity contribution in [2.75, 3.05) is 6.54 Å². The normalized spacial score (nSPS) is 19.0. The molecule has 0 spiro atoms. The lowest BCUT2D eigenvalue weighted by molar-refractivity contribution is 0.0235. The lowest BCUT2D eigenvalue weighted by Gasteiger charge is -2.26.